The first kappa shape index (κ1) is 15.7. The van der Waals surface area contributed by atoms with E-state index in [9.17, 15) is 4.79 Å². The van der Waals surface area contributed by atoms with Crippen molar-refractivity contribution >= 4 is 17.4 Å². The van der Waals surface area contributed by atoms with Gasteiger partial charge < -0.3 is 20.3 Å². The van der Waals surface area contributed by atoms with Gasteiger partial charge in [0.1, 0.15) is 5.75 Å². The van der Waals surface area contributed by atoms with E-state index in [2.05, 4.69) is 10.6 Å². The molecule has 0 radical (unpaired) electrons. The highest BCUT2D eigenvalue weighted by Crippen LogP contribution is 2.22. The number of nitrogens with zero attached hydrogens (tertiary/aromatic N) is 1. The zero-order valence-corrected chi connectivity index (χ0v) is 13.1. The van der Waals surface area contributed by atoms with Crippen LogP contribution in [0.3, 0.4) is 0 Å². The lowest BCUT2D eigenvalue weighted by Crippen LogP contribution is -2.28. The Morgan fingerprint density at radius 2 is 1.77 bits per heavy atom. The van der Waals surface area contributed by atoms with Crippen molar-refractivity contribution in [3.8, 4) is 5.75 Å². The first-order valence-electron chi connectivity index (χ1n) is 7.04. The molecule has 0 aliphatic rings. The topological polar surface area (TPSA) is 53.6 Å². The van der Waals surface area contributed by atoms with Crippen molar-refractivity contribution in [2.75, 3.05) is 31.4 Å². The van der Waals surface area contributed by atoms with Crippen LogP contribution < -0.4 is 20.3 Å². The summed E-state index contributed by atoms with van der Waals surface area (Å²) in [5.41, 5.74) is 2.81. The van der Waals surface area contributed by atoms with Gasteiger partial charge in [-0.2, -0.15) is 0 Å². The maximum Gasteiger partial charge on any atom is 0.319 e. The van der Waals surface area contributed by atoms with E-state index in [-0.39, 0.29) is 6.03 Å². The molecule has 0 saturated heterocycles. The fourth-order valence-corrected chi connectivity index (χ4v) is 2.01. The number of benzene rings is 2. The van der Waals surface area contributed by atoms with Crippen molar-refractivity contribution in [3.63, 3.8) is 0 Å². The Bertz CT molecular complexity index is 624. The maximum atomic E-state index is 11.9. The molecule has 0 fully saturated rings. The summed E-state index contributed by atoms with van der Waals surface area (Å²) < 4.78 is 5.20. The van der Waals surface area contributed by atoms with Crippen molar-refractivity contribution in [1.29, 1.82) is 0 Å². The second-order valence-electron chi connectivity index (χ2n) is 5.07. The number of methoxy groups -OCH3 is 1. The molecular weight excluding hydrogens is 278 g/mol. The molecule has 2 aromatic carbocycles. The lowest BCUT2D eigenvalue weighted by molar-refractivity contribution is 0.251. The van der Waals surface area contributed by atoms with Crippen LogP contribution in [-0.2, 0) is 6.54 Å². The zero-order chi connectivity index (χ0) is 15.9. The molecule has 0 saturated carbocycles. The Labute approximate surface area is 130 Å². The molecule has 0 bridgehead atoms. The van der Waals surface area contributed by atoms with E-state index < -0.39 is 0 Å². The summed E-state index contributed by atoms with van der Waals surface area (Å²) in [5, 5.41) is 5.61. The van der Waals surface area contributed by atoms with Gasteiger partial charge in [-0.3, -0.25) is 0 Å². The smallest absolute Gasteiger partial charge is 0.319 e. The van der Waals surface area contributed by atoms with E-state index in [1.54, 1.807) is 19.2 Å². The monoisotopic (exact) mass is 299 g/mol. The highest BCUT2D eigenvalue weighted by atomic mass is 16.5. The second kappa shape index (κ2) is 7.36. The molecule has 0 heterocycles. The normalized spacial score (nSPS) is 9.95. The Morgan fingerprint density at radius 3 is 2.41 bits per heavy atom. The van der Waals surface area contributed by atoms with E-state index >= 15 is 0 Å². The molecule has 0 aliphatic heterocycles. The summed E-state index contributed by atoms with van der Waals surface area (Å²) in [7, 11) is 5.56. The van der Waals surface area contributed by atoms with Crippen LogP contribution in [0.4, 0.5) is 16.2 Å². The lowest BCUT2D eigenvalue weighted by atomic mass is 10.2. The minimum Gasteiger partial charge on any atom is -0.495 e. The van der Waals surface area contributed by atoms with Crippen LogP contribution in [-0.4, -0.2) is 27.2 Å². The van der Waals surface area contributed by atoms with E-state index in [1.165, 1.54) is 0 Å². The Hall–Kier alpha value is -2.69. The predicted octanol–water partition coefficient (Wildman–Crippen LogP) is 3.08. The number of ether oxygens (including phenoxy) is 1. The average Bonchev–Trinajstić information content (AvgIpc) is 2.54. The highest BCUT2D eigenvalue weighted by Gasteiger charge is 2.06. The number of carbonyl (C=O) groups excluding carboxylic acids is 1. The van der Waals surface area contributed by atoms with Gasteiger partial charge in [0, 0.05) is 26.3 Å². The molecule has 2 N–H and O–H groups in total. The van der Waals surface area contributed by atoms with Crippen molar-refractivity contribution < 1.29 is 9.53 Å². The molecular formula is C17H21N3O2. The van der Waals surface area contributed by atoms with Gasteiger partial charge in [-0.05, 0) is 29.8 Å². The third-order valence-corrected chi connectivity index (χ3v) is 3.26. The summed E-state index contributed by atoms with van der Waals surface area (Å²) in [6.45, 7) is 0.467. The maximum absolute atomic E-state index is 11.9. The molecule has 2 rings (SSSR count). The van der Waals surface area contributed by atoms with Gasteiger partial charge in [0.2, 0.25) is 0 Å². The van der Waals surface area contributed by atoms with E-state index in [1.807, 2.05) is 55.4 Å². The van der Waals surface area contributed by atoms with Crippen LogP contribution >= 0.6 is 0 Å². The molecule has 116 valence electrons. The summed E-state index contributed by atoms with van der Waals surface area (Å²) in [6.07, 6.45) is 0. The molecule has 2 amide bonds. The van der Waals surface area contributed by atoms with Gasteiger partial charge in [-0.25, -0.2) is 4.79 Å². The predicted molar refractivity (Wildman–Crippen MR) is 89.6 cm³/mol. The first-order valence-corrected chi connectivity index (χ1v) is 7.04. The number of hydrogen-bond acceptors (Lipinski definition) is 3. The van der Waals surface area contributed by atoms with Gasteiger partial charge in [-0.1, -0.05) is 24.3 Å². The quantitative estimate of drug-likeness (QED) is 0.892. The van der Waals surface area contributed by atoms with Gasteiger partial charge in [0.25, 0.3) is 0 Å². The van der Waals surface area contributed by atoms with E-state index in [4.69, 9.17) is 4.74 Å². The van der Waals surface area contributed by atoms with E-state index in [0.29, 0.717) is 18.0 Å². The van der Waals surface area contributed by atoms with Crippen molar-refractivity contribution in [1.82, 2.24) is 5.32 Å². The van der Waals surface area contributed by atoms with Crippen LogP contribution in [0.1, 0.15) is 5.56 Å². The summed E-state index contributed by atoms with van der Waals surface area (Å²) in [4.78, 5) is 14.0. The average molecular weight is 299 g/mol. The number of para-hydroxylation sites is 2. The number of carbonyl (C=O) groups is 1. The fraction of sp³-hybridized carbons (Fsp3) is 0.235. The number of urea groups is 1. The molecule has 5 nitrogen and oxygen atoms in total. The number of nitrogens with one attached hydrogen (secondary N) is 2. The molecule has 5 heteroatoms. The Balaban J connectivity index is 1.90. The van der Waals surface area contributed by atoms with Crippen molar-refractivity contribution in [2.24, 2.45) is 0 Å². The highest BCUT2D eigenvalue weighted by molar-refractivity contribution is 5.90. The SMILES string of the molecule is COc1ccccc1NC(=O)NCc1ccc(N(C)C)cc1. The number of amides is 2. The van der Waals surface area contributed by atoms with Gasteiger partial charge in [0.15, 0.2) is 0 Å². The second-order valence-corrected chi connectivity index (χ2v) is 5.07. The molecule has 0 spiro atoms. The molecule has 22 heavy (non-hydrogen) atoms. The number of anilines is 2. The number of rotatable bonds is 5. The van der Waals surface area contributed by atoms with Crippen LogP contribution in [0.2, 0.25) is 0 Å². The lowest BCUT2D eigenvalue weighted by Gasteiger charge is -2.13. The molecule has 2 aromatic rings. The third kappa shape index (κ3) is 4.15. The van der Waals surface area contributed by atoms with Crippen molar-refractivity contribution in [3.05, 3.63) is 54.1 Å². The van der Waals surface area contributed by atoms with Crippen molar-refractivity contribution in [2.45, 2.75) is 6.54 Å². The minimum atomic E-state index is -0.263. The van der Waals surface area contributed by atoms with Crippen LogP contribution in [0.25, 0.3) is 0 Å². The van der Waals surface area contributed by atoms with Crippen LogP contribution in [0.5, 0.6) is 5.75 Å². The zero-order valence-electron chi connectivity index (χ0n) is 13.1. The first-order chi connectivity index (χ1) is 10.6. The Morgan fingerprint density at radius 1 is 1.09 bits per heavy atom. The Kier molecular flexibility index (Phi) is 5.25. The molecule has 0 atom stereocenters. The molecule has 0 aromatic heterocycles. The standard InChI is InChI=1S/C17H21N3O2/c1-20(2)14-10-8-13(9-11-14)12-18-17(21)19-15-6-4-5-7-16(15)22-3/h4-11H,12H2,1-3H3,(H2,18,19,21). The minimum absolute atomic E-state index is 0.263. The summed E-state index contributed by atoms with van der Waals surface area (Å²) >= 11 is 0. The largest absolute Gasteiger partial charge is 0.495 e. The van der Waals surface area contributed by atoms with E-state index in [0.717, 1.165) is 11.3 Å². The fourth-order valence-electron chi connectivity index (χ4n) is 2.01. The third-order valence-electron chi connectivity index (χ3n) is 3.26. The summed E-state index contributed by atoms with van der Waals surface area (Å²) in [5.74, 6) is 0.632. The molecule has 0 aliphatic carbocycles. The van der Waals surface area contributed by atoms with Gasteiger partial charge in [0.05, 0.1) is 12.8 Å². The van der Waals surface area contributed by atoms with Crippen LogP contribution in [0, 0.1) is 0 Å². The number of hydrogen-bond donors (Lipinski definition) is 2. The molecule has 0 unspecified atom stereocenters. The van der Waals surface area contributed by atoms with Gasteiger partial charge in [-0.15, -0.1) is 0 Å². The van der Waals surface area contributed by atoms with Crippen LogP contribution in [0.15, 0.2) is 48.5 Å². The van der Waals surface area contributed by atoms with Gasteiger partial charge >= 0.3 is 6.03 Å². The summed E-state index contributed by atoms with van der Waals surface area (Å²) in [6, 6.07) is 15.1.